The Labute approximate surface area is 198 Å². The van der Waals surface area contributed by atoms with Crippen molar-refractivity contribution in [2.75, 3.05) is 12.8 Å². The molecule has 164 valence electrons. The van der Waals surface area contributed by atoms with Gasteiger partial charge in [-0.3, -0.25) is 18.6 Å². The van der Waals surface area contributed by atoms with Gasteiger partial charge in [0.25, 0.3) is 5.56 Å². The summed E-state index contributed by atoms with van der Waals surface area (Å²) in [6.45, 7) is 4.39. The number of amides is 1. The van der Waals surface area contributed by atoms with Crippen LogP contribution in [0, 0.1) is 0 Å². The minimum atomic E-state index is -0.160. The molecule has 0 N–H and O–H groups in total. The third-order valence-electron chi connectivity index (χ3n) is 4.96. The molecule has 0 spiro atoms. The van der Waals surface area contributed by atoms with Crippen LogP contribution in [0.25, 0.3) is 16.7 Å². The molecule has 0 bridgehead atoms. The molecule has 0 saturated heterocycles. The lowest BCUT2D eigenvalue weighted by Gasteiger charge is -2.18. The fraction of sp³-hybridized carbons (Fsp3) is 0.182. The molecule has 7 nitrogen and oxygen atoms in total. The average Bonchev–Trinajstić information content (AvgIpc) is 3.20. The van der Waals surface area contributed by atoms with Crippen molar-refractivity contribution in [2.45, 2.75) is 18.2 Å². The molecule has 1 amide bonds. The van der Waals surface area contributed by atoms with E-state index in [9.17, 15) is 9.59 Å². The molecule has 0 aliphatic carbocycles. The van der Waals surface area contributed by atoms with E-state index in [1.54, 1.807) is 46.7 Å². The molecule has 4 aromatic rings. The molecule has 0 fully saturated rings. The quantitative estimate of drug-likeness (QED) is 0.287. The molecule has 0 aliphatic heterocycles. The van der Waals surface area contributed by atoms with Gasteiger partial charge in [-0.25, -0.2) is 0 Å². The summed E-state index contributed by atoms with van der Waals surface area (Å²) in [5.74, 6) is 0.462. The van der Waals surface area contributed by atoms with E-state index in [1.807, 2.05) is 18.2 Å². The highest BCUT2D eigenvalue weighted by Crippen LogP contribution is 2.24. The number of rotatable bonds is 7. The van der Waals surface area contributed by atoms with Gasteiger partial charge in [-0.15, -0.1) is 16.8 Å². The third-order valence-corrected chi connectivity index (χ3v) is 6.46. The lowest BCUT2D eigenvalue weighted by atomic mass is 10.2. The van der Waals surface area contributed by atoms with Crippen LogP contribution < -0.4 is 5.56 Å². The third kappa shape index (κ3) is 4.26. The SMILES string of the molecule is C=CCn1c(=O)c2ccccc2n2c(SCC(=O)N(C)Cc3ccc(Cl)cc3Cl)nnc12. The number of carbonyl (C=O) groups is 1. The summed E-state index contributed by atoms with van der Waals surface area (Å²) in [6.07, 6.45) is 1.64. The Morgan fingerprint density at radius 3 is 2.75 bits per heavy atom. The Bertz CT molecular complexity index is 1400. The Kier molecular flexibility index (Phi) is 6.55. The van der Waals surface area contributed by atoms with Gasteiger partial charge in [-0.1, -0.05) is 59.2 Å². The lowest BCUT2D eigenvalue weighted by Crippen LogP contribution is -2.28. The van der Waals surface area contributed by atoms with Crippen LogP contribution in [0.15, 0.2) is 65.1 Å². The molecule has 0 unspecified atom stereocenters. The zero-order valence-corrected chi connectivity index (χ0v) is 19.5. The van der Waals surface area contributed by atoms with Gasteiger partial charge in [0, 0.05) is 30.2 Å². The summed E-state index contributed by atoms with van der Waals surface area (Å²) in [7, 11) is 1.72. The fourth-order valence-electron chi connectivity index (χ4n) is 3.35. The van der Waals surface area contributed by atoms with E-state index in [0.717, 1.165) is 5.56 Å². The first-order chi connectivity index (χ1) is 15.4. The molecule has 10 heteroatoms. The number of aromatic nitrogens is 4. The van der Waals surface area contributed by atoms with Crippen LogP contribution in [0.1, 0.15) is 5.56 Å². The van der Waals surface area contributed by atoms with Crippen molar-refractivity contribution in [1.29, 1.82) is 0 Å². The zero-order chi connectivity index (χ0) is 22.8. The number of thioether (sulfide) groups is 1. The highest BCUT2D eigenvalue weighted by Gasteiger charge is 2.18. The maximum Gasteiger partial charge on any atom is 0.263 e. The van der Waals surface area contributed by atoms with Crippen molar-refractivity contribution in [1.82, 2.24) is 24.1 Å². The molecule has 0 atom stereocenters. The predicted octanol–water partition coefficient (Wildman–Crippen LogP) is 4.29. The number of allylic oxidation sites excluding steroid dienone is 1. The summed E-state index contributed by atoms with van der Waals surface area (Å²) >= 11 is 13.4. The summed E-state index contributed by atoms with van der Waals surface area (Å²) < 4.78 is 3.32. The molecule has 0 aliphatic rings. The van der Waals surface area contributed by atoms with Gasteiger partial charge in [0.05, 0.1) is 16.7 Å². The second kappa shape index (κ2) is 9.36. The minimum Gasteiger partial charge on any atom is -0.341 e. The number of hydrogen-bond donors (Lipinski definition) is 0. The van der Waals surface area contributed by atoms with Gasteiger partial charge in [-0.05, 0) is 29.8 Å². The van der Waals surface area contributed by atoms with Gasteiger partial charge in [0.2, 0.25) is 11.7 Å². The molecule has 0 radical (unpaired) electrons. The monoisotopic (exact) mass is 487 g/mol. The summed E-state index contributed by atoms with van der Waals surface area (Å²) in [5, 5.41) is 10.6. The van der Waals surface area contributed by atoms with Crippen molar-refractivity contribution in [2.24, 2.45) is 0 Å². The molecule has 2 aromatic heterocycles. The van der Waals surface area contributed by atoms with Gasteiger partial charge >= 0.3 is 0 Å². The first-order valence-corrected chi connectivity index (χ1v) is 11.4. The first kappa shape index (κ1) is 22.4. The fourth-order valence-corrected chi connectivity index (χ4v) is 4.70. The summed E-state index contributed by atoms with van der Waals surface area (Å²) in [4.78, 5) is 27.2. The molecular weight excluding hydrogens is 469 g/mol. The Morgan fingerprint density at radius 2 is 2.00 bits per heavy atom. The largest absolute Gasteiger partial charge is 0.341 e. The lowest BCUT2D eigenvalue weighted by molar-refractivity contribution is -0.127. The maximum atomic E-state index is 12.9. The number of halogens is 2. The highest BCUT2D eigenvalue weighted by molar-refractivity contribution is 7.99. The number of para-hydroxylation sites is 1. The van der Waals surface area contributed by atoms with E-state index in [0.29, 0.717) is 45.0 Å². The van der Waals surface area contributed by atoms with Crippen molar-refractivity contribution in [3.63, 3.8) is 0 Å². The van der Waals surface area contributed by atoms with Crippen molar-refractivity contribution < 1.29 is 4.79 Å². The van der Waals surface area contributed by atoms with Crippen LogP contribution in [0.2, 0.25) is 10.0 Å². The van der Waals surface area contributed by atoms with E-state index in [1.165, 1.54) is 16.3 Å². The van der Waals surface area contributed by atoms with Crippen LogP contribution >= 0.6 is 35.0 Å². The van der Waals surface area contributed by atoms with E-state index in [4.69, 9.17) is 23.2 Å². The van der Waals surface area contributed by atoms with Crippen molar-refractivity contribution in [3.05, 3.63) is 81.1 Å². The van der Waals surface area contributed by atoms with Gasteiger partial charge < -0.3 is 4.90 Å². The van der Waals surface area contributed by atoms with Crippen LogP contribution in [0.3, 0.4) is 0 Å². The van der Waals surface area contributed by atoms with Crippen LogP contribution in [0.4, 0.5) is 0 Å². The Hall–Kier alpha value is -2.81. The highest BCUT2D eigenvalue weighted by atomic mass is 35.5. The molecule has 2 aromatic carbocycles. The summed E-state index contributed by atoms with van der Waals surface area (Å²) in [5.41, 5.74) is 1.34. The molecule has 4 rings (SSSR count). The second-order valence-electron chi connectivity index (χ2n) is 7.11. The van der Waals surface area contributed by atoms with E-state index < -0.39 is 0 Å². The Balaban J connectivity index is 1.60. The number of benzene rings is 2. The summed E-state index contributed by atoms with van der Waals surface area (Å²) in [6, 6.07) is 12.5. The van der Waals surface area contributed by atoms with Crippen LogP contribution in [0.5, 0.6) is 0 Å². The maximum absolute atomic E-state index is 12.9. The zero-order valence-electron chi connectivity index (χ0n) is 17.2. The normalized spacial score (nSPS) is 11.2. The number of hydrogen-bond acceptors (Lipinski definition) is 5. The van der Waals surface area contributed by atoms with Crippen LogP contribution in [-0.4, -0.2) is 42.8 Å². The Morgan fingerprint density at radius 1 is 1.22 bits per heavy atom. The van der Waals surface area contributed by atoms with E-state index in [2.05, 4.69) is 16.8 Å². The van der Waals surface area contributed by atoms with Crippen molar-refractivity contribution >= 4 is 57.6 Å². The molecule has 2 heterocycles. The molecular formula is C22H19Cl2N5O2S. The topological polar surface area (TPSA) is 72.5 Å². The minimum absolute atomic E-state index is 0.0958. The number of fused-ring (bicyclic) bond motifs is 3. The smallest absolute Gasteiger partial charge is 0.263 e. The van der Waals surface area contributed by atoms with Gasteiger partial charge in [-0.2, -0.15) is 0 Å². The van der Waals surface area contributed by atoms with E-state index >= 15 is 0 Å². The molecule has 0 saturated carbocycles. The van der Waals surface area contributed by atoms with Crippen molar-refractivity contribution in [3.8, 4) is 0 Å². The standard InChI is InChI=1S/C22H19Cl2N5O2S/c1-3-10-28-20(31)16-6-4-5-7-18(16)29-21(28)25-26-22(29)32-13-19(30)27(2)12-14-8-9-15(23)11-17(14)24/h3-9,11H,1,10,12-13H2,2H3. The van der Waals surface area contributed by atoms with Gasteiger partial charge in [0.15, 0.2) is 5.16 Å². The molecule has 32 heavy (non-hydrogen) atoms. The van der Waals surface area contributed by atoms with E-state index in [-0.39, 0.29) is 17.2 Å². The number of nitrogens with zero attached hydrogens (tertiary/aromatic N) is 5. The second-order valence-corrected chi connectivity index (χ2v) is 8.90. The van der Waals surface area contributed by atoms with Gasteiger partial charge in [0.1, 0.15) is 0 Å². The average molecular weight is 488 g/mol. The first-order valence-electron chi connectivity index (χ1n) is 9.69. The predicted molar refractivity (Wildman–Crippen MR) is 129 cm³/mol. The van der Waals surface area contributed by atoms with Crippen LogP contribution in [-0.2, 0) is 17.9 Å². The number of carbonyl (C=O) groups excluding carboxylic acids is 1.